The summed E-state index contributed by atoms with van der Waals surface area (Å²) in [7, 11) is -1.57. The first-order valence-corrected chi connectivity index (χ1v) is 15.7. The number of rotatable bonds is 12. The van der Waals surface area contributed by atoms with Gasteiger partial charge in [0.25, 0.3) is 14.4 Å². The first-order chi connectivity index (χ1) is 19.7. The zero-order valence-corrected chi connectivity index (χ0v) is 25.9. The van der Waals surface area contributed by atoms with Gasteiger partial charge in [0.15, 0.2) is 17.7 Å². The highest BCUT2D eigenvalue weighted by Gasteiger charge is 2.47. The number of nitrogens with one attached hydrogen (secondary N) is 1. The first kappa shape index (κ1) is 31.2. The van der Waals surface area contributed by atoms with Crippen LogP contribution in [0.3, 0.4) is 0 Å². The molecule has 0 radical (unpaired) electrons. The summed E-state index contributed by atoms with van der Waals surface area (Å²) in [5.74, 6) is -0.136. The van der Waals surface area contributed by atoms with Crippen LogP contribution in [0.15, 0.2) is 41.5 Å². The van der Waals surface area contributed by atoms with Gasteiger partial charge in [-0.3, -0.25) is 14.2 Å². The van der Waals surface area contributed by atoms with Crippen LogP contribution in [0.5, 0.6) is 0 Å². The molecule has 5 atom stereocenters. The highest BCUT2D eigenvalue weighted by molar-refractivity contribution is 7.44. The molecule has 1 N–H and O–H groups in total. The summed E-state index contributed by atoms with van der Waals surface area (Å²) in [6.45, 7) is 12.6. The Morgan fingerprint density at radius 2 is 1.95 bits per heavy atom. The van der Waals surface area contributed by atoms with Crippen molar-refractivity contribution in [2.45, 2.75) is 84.9 Å². The minimum Gasteiger partial charge on any atom is -0.351 e. The van der Waals surface area contributed by atoms with E-state index in [4.69, 9.17) is 19.0 Å². The van der Waals surface area contributed by atoms with Gasteiger partial charge in [0.05, 0.1) is 25.2 Å². The topological polar surface area (TPSA) is 132 Å². The first-order valence-electron chi connectivity index (χ1n) is 13.8. The number of nitrogens with zero attached hydrogens (tertiary/aromatic N) is 5. The molecule has 11 nitrogen and oxygen atoms in total. The molecule has 1 saturated heterocycles. The second kappa shape index (κ2) is 13.9. The monoisotopic (exact) mass is 600 g/mol. The SMILES string of the molecule is CC[C@H]1O[C@@H](n2c(=O)sc3c(NC(=O)c4ccccc4)ncnc32)[C@H](OP(OCCC#N)N(C(C)C)C(C)C)[C@@H]1C. The predicted octanol–water partition coefficient (Wildman–Crippen LogP) is 5.71. The molecular weight excluding hydrogens is 563 g/mol. The molecule has 1 amide bonds. The second-order valence-electron chi connectivity index (χ2n) is 10.4. The van der Waals surface area contributed by atoms with Crippen molar-refractivity contribution in [3.8, 4) is 6.07 Å². The lowest BCUT2D eigenvalue weighted by atomic mass is 9.99. The third-order valence-electron chi connectivity index (χ3n) is 6.90. The quantitative estimate of drug-likeness (QED) is 0.205. The lowest BCUT2D eigenvalue weighted by Gasteiger charge is -2.38. The van der Waals surface area contributed by atoms with Crippen molar-refractivity contribution in [2.24, 2.45) is 5.92 Å². The number of ether oxygens (including phenoxy) is 1. The maximum Gasteiger partial charge on any atom is 0.311 e. The molecule has 3 heterocycles. The fourth-order valence-corrected chi connectivity index (χ4v) is 7.72. The van der Waals surface area contributed by atoms with Gasteiger partial charge in [-0.05, 0) is 46.2 Å². The van der Waals surface area contributed by atoms with E-state index in [0.717, 1.165) is 17.8 Å². The summed E-state index contributed by atoms with van der Waals surface area (Å²) in [5.41, 5.74) is 0.836. The minimum absolute atomic E-state index is 0.0586. The third-order valence-corrected chi connectivity index (χ3v) is 9.98. The number of carbonyl (C=O) groups is 1. The van der Waals surface area contributed by atoms with E-state index in [0.29, 0.717) is 15.9 Å². The molecule has 13 heteroatoms. The summed E-state index contributed by atoms with van der Waals surface area (Å²) in [4.78, 5) is 34.8. The molecule has 41 heavy (non-hydrogen) atoms. The van der Waals surface area contributed by atoms with Gasteiger partial charge in [0.1, 0.15) is 17.1 Å². The summed E-state index contributed by atoms with van der Waals surface area (Å²) >= 11 is 0.953. The molecule has 1 aliphatic rings. The maximum absolute atomic E-state index is 13.5. The van der Waals surface area contributed by atoms with Gasteiger partial charge < -0.3 is 19.1 Å². The van der Waals surface area contributed by atoms with Crippen LogP contribution in [-0.2, 0) is 13.8 Å². The van der Waals surface area contributed by atoms with Crippen molar-refractivity contribution < 1.29 is 18.6 Å². The van der Waals surface area contributed by atoms with Crippen LogP contribution < -0.4 is 10.2 Å². The van der Waals surface area contributed by atoms with Crippen molar-refractivity contribution in [3.63, 3.8) is 0 Å². The van der Waals surface area contributed by atoms with Gasteiger partial charge in [-0.25, -0.2) is 14.6 Å². The number of fused-ring (bicyclic) bond motifs is 1. The summed E-state index contributed by atoms with van der Waals surface area (Å²) < 4.78 is 23.5. The number of carbonyl (C=O) groups excluding carboxylic acids is 1. The van der Waals surface area contributed by atoms with E-state index in [-0.39, 0.29) is 53.7 Å². The lowest BCUT2D eigenvalue weighted by Crippen LogP contribution is -2.37. The Labute approximate surface area is 245 Å². The molecule has 0 spiro atoms. The Bertz CT molecular complexity index is 1420. The number of hydrogen-bond donors (Lipinski definition) is 1. The Morgan fingerprint density at radius 1 is 1.24 bits per heavy atom. The van der Waals surface area contributed by atoms with Crippen LogP contribution in [0.4, 0.5) is 5.82 Å². The lowest BCUT2D eigenvalue weighted by molar-refractivity contribution is -0.0333. The van der Waals surface area contributed by atoms with Crippen molar-refractivity contribution in [1.82, 2.24) is 19.2 Å². The van der Waals surface area contributed by atoms with Gasteiger partial charge >= 0.3 is 4.87 Å². The molecule has 2 aromatic heterocycles. The van der Waals surface area contributed by atoms with Crippen molar-refractivity contribution in [1.29, 1.82) is 5.26 Å². The van der Waals surface area contributed by atoms with E-state index in [9.17, 15) is 9.59 Å². The Balaban J connectivity index is 1.71. The van der Waals surface area contributed by atoms with Gasteiger partial charge in [0.2, 0.25) is 0 Å². The summed E-state index contributed by atoms with van der Waals surface area (Å²) in [6.07, 6.45) is 0.845. The largest absolute Gasteiger partial charge is 0.351 e. The average Bonchev–Trinajstić information content (AvgIpc) is 3.44. The average molecular weight is 601 g/mol. The number of thiazole rings is 1. The minimum atomic E-state index is -1.57. The van der Waals surface area contributed by atoms with Crippen molar-refractivity contribution in [3.05, 3.63) is 51.9 Å². The summed E-state index contributed by atoms with van der Waals surface area (Å²) in [6, 6.07) is 11.2. The molecular formula is C28H37N6O5PS. The van der Waals surface area contributed by atoms with Crippen molar-refractivity contribution in [2.75, 3.05) is 11.9 Å². The Hall–Kier alpha value is -2.78. The Morgan fingerprint density at radius 3 is 2.59 bits per heavy atom. The van der Waals surface area contributed by atoms with E-state index < -0.39 is 20.9 Å². The van der Waals surface area contributed by atoms with E-state index in [2.05, 4.69) is 60.6 Å². The fraction of sp³-hybridized carbons (Fsp3) is 0.536. The van der Waals surface area contributed by atoms with Crippen LogP contribution in [0, 0.1) is 17.2 Å². The highest BCUT2D eigenvalue weighted by atomic mass is 32.1. The van der Waals surface area contributed by atoms with Gasteiger partial charge in [-0.1, -0.05) is 43.4 Å². The Kier molecular flexibility index (Phi) is 10.6. The maximum atomic E-state index is 13.5. The zero-order valence-electron chi connectivity index (χ0n) is 24.2. The van der Waals surface area contributed by atoms with Gasteiger partial charge in [-0.15, -0.1) is 0 Å². The van der Waals surface area contributed by atoms with Crippen LogP contribution in [-0.4, -0.2) is 56.0 Å². The molecule has 3 aromatic rings. The van der Waals surface area contributed by atoms with E-state index in [1.165, 1.54) is 10.9 Å². The standard InChI is InChI=1S/C28H37N6O5PS/c1-7-21-19(6)22(39-40(37-15-11-14-29)34(17(2)3)18(4)5)27(38-21)33-25-23(41-28(33)36)24(30-16-31-25)32-26(35)20-12-9-8-10-13-20/h8-10,12-13,16-19,21-22,27H,7,11,15H2,1-6H3,(H,30,31,32,35)/t19-,21-,22-,27-,40?/m1/s1. The number of amides is 1. The molecule has 1 aromatic carbocycles. The smallest absolute Gasteiger partial charge is 0.311 e. The van der Waals surface area contributed by atoms with E-state index in [1.54, 1.807) is 24.3 Å². The molecule has 0 bridgehead atoms. The number of aromatic nitrogens is 3. The number of hydrogen-bond acceptors (Lipinski definition) is 10. The number of anilines is 1. The normalized spacial score (nSPS) is 21.6. The number of nitriles is 1. The molecule has 4 rings (SSSR count). The van der Waals surface area contributed by atoms with Crippen LogP contribution in [0.1, 0.15) is 71.0 Å². The number of benzene rings is 1. The van der Waals surface area contributed by atoms with Crippen LogP contribution in [0.2, 0.25) is 0 Å². The molecule has 1 aliphatic heterocycles. The van der Waals surface area contributed by atoms with Gasteiger partial charge in [-0.2, -0.15) is 5.26 Å². The molecule has 1 unspecified atom stereocenters. The molecule has 0 saturated carbocycles. The second-order valence-corrected chi connectivity index (χ2v) is 12.8. The van der Waals surface area contributed by atoms with E-state index >= 15 is 0 Å². The molecule has 1 fully saturated rings. The zero-order chi connectivity index (χ0) is 29.7. The molecule has 0 aliphatic carbocycles. The van der Waals surface area contributed by atoms with Gasteiger partial charge in [0, 0.05) is 23.6 Å². The highest BCUT2D eigenvalue weighted by Crippen LogP contribution is 2.52. The predicted molar refractivity (Wildman–Crippen MR) is 160 cm³/mol. The fourth-order valence-electron chi connectivity index (χ4n) is 5.01. The third kappa shape index (κ3) is 6.83. The van der Waals surface area contributed by atoms with E-state index in [1.807, 2.05) is 13.0 Å². The molecule has 220 valence electrons. The van der Waals surface area contributed by atoms with Crippen molar-refractivity contribution >= 4 is 41.9 Å². The summed E-state index contributed by atoms with van der Waals surface area (Å²) in [5, 5.41) is 11.9. The van der Waals surface area contributed by atoms with Crippen LogP contribution >= 0.6 is 19.9 Å². The van der Waals surface area contributed by atoms with Crippen LogP contribution in [0.25, 0.3) is 10.3 Å².